The molecule has 1 aromatic rings. The fourth-order valence-electron chi connectivity index (χ4n) is 1.83. The lowest BCUT2D eigenvalue weighted by Gasteiger charge is -2.09. The average Bonchev–Trinajstić information content (AvgIpc) is 2.18. The first-order valence-electron chi connectivity index (χ1n) is 5.37. The monoisotopic (exact) mass is 207 g/mol. The van der Waals surface area contributed by atoms with Gasteiger partial charge in [0, 0.05) is 11.6 Å². The minimum absolute atomic E-state index is 0.250. The second-order valence-corrected chi connectivity index (χ2v) is 3.98. The van der Waals surface area contributed by atoms with Crippen molar-refractivity contribution in [3.63, 3.8) is 0 Å². The van der Waals surface area contributed by atoms with Crippen molar-refractivity contribution >= 4 is 5.69 Å². The van der Waals surface area contributed by atoms with Gasteiger partial charge < -0.3 is 0 Å². The van der Waals surface area contributed by atoms with Crippen molar-refractivity contribution in [3.8, 4) is 0 Å². The summed E-state index contributed by atoms with van der Waals surface area (Å²) in [4.78, 5) is 10.5. The molecular formula is C12H17NO2. The molecule has 0 saturated heterocycles. The number of hydrogen-bond donors (Lipinski definition) is 0. The molecule has 3 heteroatoms. The molecule has 1 aromatic carbocycles. The zero-order valence-electron chi connectivity index (χ0n) is 9.27. The fourth-order valence-corrected chi connectivity index (χ4v) is 1.83. The van der Waals surface area contributed by atoms with E-state index in [1.54, 1.807) is 12.1 Å². The average molecular weight is 207 g/mol. The summed E-state index contributed by atoms with van der Waals surface area (Å²) in [5.41, 5.74) is 1.10. The zero-order chi connectivity index (χ0) is 11.3. The van der Waals surface area contributed by atoms with Crippen LogP contribution in [0.5, 0.6) is 0 Å². The summed E-state index contributed by atoms with van der Waals surface area (Å²) < 4.78 is 0. The van der Waals surface area contributed by atoms with Crippen molar-refractivity contribution in [1.29, 1.82) is 0 Å². The van der Waals surface area contributed by atoms with E-state index in [1.165, 1.54) is 0 Å². The second-order valence-electron chi connectivity index (χ2n) is 3.98. The summed E-state index contributed by atoms with van der Waals surface area (Å²) in [6, 6.07) is 7.01. The van der Waals surface area contributed by atoms with Crippen LogP contribution in [0.1, 0.15) is 32.3 Å². The molecule has 0 aliphatic carbocycles. The van der Waals surface area contributed by atoms with Crippen LogP contribution in [0, 0.1) is 16.0 Å². The SMILES string of the molecule is CCCC(C)Cc1ccccc1[N+](=O)[O-]. The minimum atomic E-state index is -0.298. The Balaban J connectivity index is 2.79. The number of rotatable bonds is 5. The van der Waals surface area contributed by atoms with E-state index in [2.05, 4.69) is 13.8 Å². The van der Waals surface area contributed by atoms with Crippen LogP contribution in [-0.4, -0.2) is 4.92 Å². The van der Waals surface area contributed by atoms with Crippen LogP contribution in [0.15, 0.2) is 24.3 Å². The first kappa shape index (κ1) is 11.7. The Morgan fingerprint density at radius 3 is 2.67 bits per heavy atom. The van der Waals surface area contributed by atoms with E-state index in [-0.39, 0.29) is 10.6 Å². The highest BCUT2D eigenvalue weighted by molar-refractivity contribution is 5.39. The third-order valence-corrected chi connectivity index (χ3v) is 2.54. The Morgan fingerprint density at radius 2 is 2.07 bits per heavy atom. The third kappa shape index (κ3) is 3.35. The predicted octanol–water partition coefficient (Wildman–Crippen LogP) is 3.57. The normalized spacial score (nSPS) is 12.4. The summed E-state index contributed by atoms with van der Waals surface area (Å²) in [6.07, 6.45) is 3.04. The lowest BCUT2D eigenvalue weighted by molar-refractivity contribution is -0.385. The number of nitro groups is 1. The van der Waals surface area contributed by atoms with Gasteiger partial charge in [0.1, 0.15) is 0 Å². The molecule has 0 aliphatic heterocycles. The van der Waals surface area contributed by atoms with Crippen LogP contribution >= 0.6 is 0 Å². The maximum Gasteiger partial charge on any atom is 0.272 e. The molecule has 1 unspecified atom stereocenters. The van der Waals surface area contributed by atoms with Crippen LogP contribution in [0.3, 0.4) is 0 Å². The fraction of sp³-hybridized carbons (Fsp3) is 0.500. The molecule has 0 aliphatic rings. The van der Waals surface area contributed by atoms with Crippen molar-refractivity contribution < 1.29 is 4.92 Å². The molecule has 15 heavy (non-hydrogen) atoms. The standard InChI is InChI=1S/C12H17NO2/c1-3-6-10(2)9-11-7-4-5-8-12(11)13(14)15/h4-5,7-8,10H,3,6,9H2,1-2H3. The highest BCUT2D eigenvalue weighted by Crippen LogP contribution is 2.22. The van der Waals surface area contributed by atoms with Crippen molar-refractivity contribution in [1.82, 2.24) is 0 Å². The Bertz CT molecular complexity index is 336. The molecular weight excluding hydrogens is 190 g/mol. The molecule has 0 amide bonds. The maximum atomic E-state index is 10.8. The van der Waals surface area contributed by atoms with Crippen LogP contribution < -0.4 is 0 Å². The van der Waals surface area contributed by atoms with Crippen LogP contribution in [0.2, 0.25) is 0 Å². The first-order valence-corrected chi connectivity index (χ1v) is 5.37. The summed E-state index contributed by atoms with van der Waals surface area (Å²) >= 11 is 0. The number of nitrogens with zero attached hydrogens (tertiary/aromatic N) is 1. The highest BCUT2D eigenvalue weighted by atomic mass is 16.6. The molecule has 0 fully saturated rings. The van der Waals surface area contributed by atoms with Crippen molar-refractivity contribution in [2.75, 3.05) is 0 Å². The summed E-state index contributed by atoms with van der Waals surface area (Å²) in [6.45, 7) is 4.27. The van der Waals surface area contributed by atoms with Gasteiger partial charge in [0.25, 0.3) is 5.69 Å². The summed E-state index contributed by atoms with van der Waals surface area (Å²) in [7, 11) is 0. The second kappa shape index (κ2) is 5.49. The van der Waals surface area contributed by atoms with Gasteiger partial charge in [-0.15, -0.1) is 0 Å². The van der Waals surface area contributed by atoms with Gasteiger partial charge in [0.15, 0.2) is 0 Å². The van der Waals surface area contributed by atoms with Gasteiger partial charge in [0.05, 0.1) is 4.92 Å². The molecule has 0 aromatic heterocycles. The largest absolute Gasteiger partial charge is 0.272 e. The topological polar surface area (TPSA) is 43.1 Å². The van der Waals surface area contributed by atoms with Gasteiger partial charge in [0.2, 0.25) is 0 Å². The Kier molecular flexibility index (Phi) is 4.28. The van der Waals surface area contributed by atoms with Gasteiger partial charge in [-0.25, -0.2) is 0 Å². The highest BCUT2D eigenvalue weighted by Gasteiger charge is 2.14. The molecule has 82 valence electrons. The van der Waals surface area contributed by atoms with Gasteiger partial charge in [-0.3, -0.25) is 10.1 Å². The molecule has 0 bridgehead atoms. The Labute approximate surface area is 90.3 Å². The molecule has 1 atom stereocenters. The molecule has 0 spiro atoms. The first-order chi connectivity index (χ1) is 7.15. The van der Waals surface area contributed by atoms with E-state index in [9.17, 15) is 10.1 Å². The van der Waals surface area contributed by atoms with Gasteiger partial charge in [-0.1, -0.05) is 44.9 Å². The lowest BCUT2D eigenvalue weighted by atomic mass is 9.96. The van der Waals surface area contributed by atoms with E-state index in [0.717, 1.165) is 24.8 Å². The van der Waals surface area contributed by atoms with Crippen LogP contribution in [0.4, 0.5) is 5.69 Å². The Hall–Kier alpha value is -1.38. The smallest absolute Gasteiger partial charge is 0.258 e. The molecule has 0 N–H and O–H groups in total. The van der Waals surface area contributed by atoms with Gasteiger partial charge in [-0.2, -0.15) is 0 Å². The van der Waals surface area contributed by atoms with Crippen molar-refractivity contribution in [2.24, 2.45) is 5.92 Å². The number of benzene rings is 1. The lowest BCUT2D eigenvalue weighted by Crippen LogP contribution is -2.02. The Morgan fingerprint density at radius 1 is 1.40 bits per heavy atom. The van der Waals surface area contributed by atoms with Crippen LogP contribution in [0.25, 0.3) is 0 Å². The number of nitro benzene ring substituents is 1. The predicted molar refractivity (Wildman–Crippen MR) is 60.9 cm³/mol. The third-order valence-electron chi connectivity index (χ3n) is 2.54. The molecule has 1 rings (SSSR count). The zero-order valence-corrected chi connectivity index (χ0v) is 9.27. The summed E-state index contributed by atoms with van der Waals surface area (Å²) in [5, 5.41) is 10.8. The van der Waals surface area contributed by atoms with E-state index < -0.39 is 0 Å². The van der Waals surface area contributed by atoms with E-state index in [0.29, 0.717) is 5.92 Å². The molecule has 0 saturated carbocycles. The van der Waals surface area contributed by atoms with Gasteiger partial charge in [-0.05, 0) is 12.3 Å². The van der Waals surface area contributed by atoms with E-state index in [4.69, 9.17) is 0 Å². The van der Waals surface area contributed by atoms with Crippen molar-refractivity contribution in [2.45, 2.75) is 33.1 Å². The number of hydrogen-bond acceptors (Lipinski definition) is 2. The molecule has 0 heterocycles. The summed E-state index contributed by atoms with van der Waals surface area (Å²) in [5.74, 6) is 0.510. The molecule has 0 radical (unpaired) electrons. The van der Waals surface area contributed by atoms with Crippen LogP contribution in [-0.2, 0) is 6.42 Å². The van der Waals surface area contributed by atoms with Crippen molar-refractivity contribution in [3.05, 3.63) is 39.9 Å². The minimum Gasteiger partial charge on any atom is -0.258 e. The number of para-hydroxylation sites is 1. The van der Waals surface area contributed by atoms with E-state index in [1.807, 2.05) is 12.1 Å². The maximum absolute atomic E-state index is 10.8. The quantitative estimate of drug-likeness (QED) is 0.547. The van der Waals surface area contributed by atoms with E-state index >= 15 is 0 Å². The van der Waals surface area contributed by atoms with Gasteiger partial charge >= 0.3 is 0 Å². The molecule has 3 nitrogen and oxygen atoms in total.